The molecule has 1 fully saturated rings. The Morgan fingerprint density at radius 1 is 1.33 bits per heavy atom. The van der Waals surface area contributed by atoms with Crippen molar-refractivity contribution in [1.82, 2.24) is 5.32 Å². The van der Waals surface area contributed by atoms with Gasteiger partial charge in [0.1, 0.15) is 0 Å². The summed E-state index contributed by atoms with van der Waals surface area (Å²) in [4.78, 5) is 11.7. The zero-order valence-electron chi connectivity index (χ0n) is 10.8. The first kappa shape index (κ1) is 15.3. The Hall–Kier alpha value is -0.780. The summed E-state index contributed by atoms with van der Waals surface area (Å²) in [6.07, 6.45) is -2.94. The zero-order chi connectivity index (χ0) is 13.9. The molecule has 3 atom stereocenters. The quantitative estimate of drug-likeness (QED) is 0.823. The molecule has 18 heavy (non-hydrogen) atoms. The summed E-state index contributed by atoms with van der Waals surface area (Å²) in [5.41, 5.74) is 5.66. The molecule has 0 radical (unpaired) electrons. The molecule has 1 amide bonds. The monoisotopic (exact) mass is 266 g/mol. The van der Waals surface area contributed by atoms with Crippen molar-refractivity contribution in [2.75, 3.05) is 0 Å². The third-order valence-electron chi connectivity index (χ3n) is 3.50. The van der Waals surface area contributed by atoms with E-state index in [9.17, 15) is 18.0 Å². The van der Waals surface area contributed by atoms with Crippen LogP contribution in [0.3, 0.4) is 0 Å². The molecule has 1 aliphatic rings. The normalized spacial score (nSPS) is 27.1. The van der Waals surface area contributed by atoms with Gasteiger partial charge in [-0.3, -0.25) is 4.79 Å². The van der Waals surface area contributed by atoms with E-state index in [1.54, 1.807) is 0 Å². The van der Waals surface area contributed by atoms with Crippen LogP contribution in [0.1, 0.15) is 39.5 Å². The summed E-state index contributed by atoms with van der Waals surface area (Å²) in [7, 11) is 0. The van der Waals surface area contributed by atoms with Crippen molar-refractivity contribution in [3.8, 4) is 0 Å². The molecule has 0 bridgehead atoms. The SMILES string of the molecule is CC(C)C(N)C(=O)NC1CCCC(C(F)(F)F)C1. The topological polar surface area (TPSA) is 55.1 Å². The number of rotatable bonds is 3. The van der Waals surface area contributed by atoms with Crippen molar-refractivity contribution >= 4 is 5.91 Å². The number of nitrogens with two attached hydrogens (primary N) is 1. The molecule has 3 unspecified atom stereocenters. The second-order valence-electron chi connectivity index (χ2n) is 5.38. The molecule has 0 aliphatic heterocycles. The Labute approximate surface area is 105 Å². The van der Waals surface area contributed by atoms with E-state index in [-0.39, 0.29) is 24.7 Å². The molecular weight excluding hydrogens is 245 g/mol. The minimum atomic E-state index is -4.16. The van der Waals surface area contributed by atoms with E-state index >= 15 is 0 Å². The smallest absolute Gasteiger partial charge is 0.352 e. The van der Waals surface area contributed by atoms with Gasteiger partial charge in [0.2, 0.25) is 5.91 Å². The number of hydrogen-bond donors (Lipinski definition) is 2. The molecule has 3 nitrogen and oxygen atoms in total. The van der Waals surface area contributed by atoms with Gasteiger partial charge in [-0.1, -0.05) is 20.3 Å². The van der Waals surface area contributed by atoms with Crippen LogP contribution >= 0.6 is 0 Å². The predicted molar refractivity (Wildman–Crippen MR) is 62.8 cm³/mol. The summed E-state index contributed by atoms with van der Waals surface area (Å²) in [5, 5.41) is 2.64. The Kier molecular flexibility index (Phi) is 5.01. The van der Waals surface area contributed by atoms with E-state index in [0.29, 0.717) is 12.8 Å². The molecule has 1 saturated carbocycles. The van der Waals surface area contributed by atoms with Crippen LogP contribution < -0.4 is 11.1 Å². The molecule has 1 rings (SSSR count). The van der Waals surface area contributed by atoms with Gasteiger partial charge in [-0.25, -0.2) is 0 Å². The lowest BCUT2D eigenvalue weighted by molar-refractivity contribution is -0.184. The molecule has 0 spiro atoms. The number of halogens is 3. The molecule has 106 valence electrons. The fraction of sp³-hybridized carbons (Fsp3) is 0.917. The van der Waals surface area contributed by atoms with E-state index < -0.39 is 24.2 Å². The van der Waals surface area contributed by atoms with Crippen molar-refractivity contribution in [1.29, 1.82) is 0 Å². The average molecular weight is 266 g/mol. The first-order chi connectivity index (χ1) is 8.21. The summed E-state index contributed by atoms with van der Waals surface area (Å²) in [6.45, 7) is 3.62. The van der Waals surface area contributed by atoms with Gasteiger partial charge >= 0.3 is 6.18 Å². The fourth-order valence-electron chi connectivity index (χ4n) is 2.22. The van der Waals surface area contributed by atoms with Crippen LogP contribution in [-0.2, 0) is 4.79 Å². The maximum absolute atomic E-state index is 12.6. The van der Waals surface area contributed by atoms with Gasteiger partial charge in [-0.05, 0) is 25.2 Å². The highest BCUT2D eigenvalue weighted by atomic mass is 19.4. The Morgan fingerprint density at radius 3 is 2.44 bits per heavy atom. The zero-order valence-corrected chi connectivity index (χ0v) is 10.8. The lowest BCUT2D eigenvalue weighted by atomic mass is 9.85. The maximum atomic E-state index is 12.6. The van der Waals surface area contributed by atoms with Gasteiger partial charge in [-0.15, -0.1) is 0 Å². The van der Waals surface area contributed by atoms with Crippen LogP contribution in [0.4, 0.5) is 13.2 Å². The van der Waals surface area contributed by atoms with Gasteiger partial charge in [0.15, 0.2) is 0 Å². The Bertz CT molecular complexity index is 292. The highest BCUT2D eigenvalue weighted by Gasteiger charge is 2.42. The molecule has 0 aromatic heterocycles. The largest absolute Gasteiger partial charge is 0.391 e. The standard InChI is InChI=1S/C12H21F3N2O/c1-7(2)10(16)11(18)17-9-5-3-4-8(6-9)12(13,14)15/h7-10H,3-6,16H2,1-2H3,(H,17,18). The molecule has 1 aliphatic carbocycles. The number of carbonyl (C=O) groups is 1. The third-order valence-corrected chi connectivity index (χ3v) is 3.50. The number of alkyl halides is 3. The second kappa shape index (κ2) is 5.91. The lowest BCUT2D eigenvalue weighted by Gasteiger charge is -2.31. The van der Waals surface area contributed by atoms with E-state index in [0.717, 1.165) is 0 Å². The van der Waals surface area contributed by atoms with E-state index in [1.807, 2.05) is 13.8 Å². The molecule has 0 aromatic rings. The van der Waals surface area contributed by atoms with E-state index in [4.69, 9.17) is 5.73 Å². The Balaban J connectivity index is 2.50. The van der Waals surface area contributed by atoms with Crippen LogP contribution in [0.2, 0.25) is 0 Å². The van der Waals surface area contributed by atoms with Crippen molar-refractivity contribution in [3.05, 3.63) is 0 Å². The molecule has 0 heterocycles. The minimum Gasteiger partial charge on any atom is -0.352 e. The second-order valence-corrected chi connectivity index (χ2v) is 5.38. The van der Waals surface area contributed by atoms with Gasteiger partial charge in [-0.2, -0.15) is 13.2 Å². The van der Waals surface area contributed by atoms with Crippen LogP contribution in [0.5, 0.6) is 0 Å². The van der Waals surface area contributed by atoms with Crippen LogP contribution in [0.25, 0.3) is 0 Å². The van der Waals surface area contributed by atoms with Crippen molar-refractivity contribution in [2.24, 2.45) is 17.6 Å². The van der Waals surface area contributed by atoms with Crippen molar-refractivity contribution in [3.63, 3.8) is 0 Å². The van der Waals surface area contributed by atoms with Gasteiger partial charge in [0.25, 0.3) is 0 Å². The van der Waals surface area contributed by atoms with Crippen LogP contribution in [0.15, 0.2) is 0 Å². The third kappa shape index (κ3) is 4.15. The number of amides is 1. The van der Waals surface area contributed by atoms with Gasteiger partial charge < -0.3 is 11.1 Å². The summed E-state index contributed by atoms with van der Waals surface area (Å²) in [5.74, 6) is -1.67. The summed E-state index contributed by atoms with van der Waals surface area (Å²) < 4.78 is 37.8. The number of carbonyl (C=O) groups excluding carboxylic acids is 1. The number of nitrogens with one attached hydrogen (secondary N) is 1. The van der Waals surface area contributed by atoms with Gasteiger partial charge in [0.05, 0.1) is 12.0 Å². The number of hydrogen-bond acceptors (Lipinski definition) is 2. The van der Waals surface area contributed by atoms with Crippen molar-refractivity contribution in [2.45, 2.75) is 57.8 Å². The molecule has 0 aromatic carbocycles. The fourth-order valence-corrected chi connectivity index (χ4v) is 2.22. The average Bonchev–Trinajstić information content (AvgIpc) is 2.27. The lowest BCUT2D eigenvalue weighted by Crippen LogP contribution is -2.49. The minimum absolute atomic E-state index is 0.0213. The van der Waals surface area contributed by atoms with E-state index in [2.05, 4.69) is 5.32 Å². The highest BCUT2D eigenvalue weighted by Crippen LogP contribution is 2.37. The molecule has 0 saturated heterocycles. The van der Waals surface area contributed by atoms with Gasteiger partial charge in [0, 0.05) is 6.04 Å². The summed E-state index contributed by atoms with van der Waals surface area (Å²) in [6, 6.07) is -1.06. The first-order valence-electron chi connectivity index (χ1n) is 6.34. The molecular formula is C12H21F3N2O. The summed E-state index contributed by atoms with van der Waals surface area (Å²) >= 11 is 0. The highest BCUT2D eigenvalue weighted by molar-refractivity contribution is 5.82. The first-order valence-corrected chi connectivity index (χ1v) is 6.34. The van der Waals surface area contributed by atoms with Crippen molar-refractivity contribution < 1.29 is 18.0 Å². The predicted octanol–water partition coefficient (Wildman–Crippen LogP) is 2.21. The van der Waals surface area contributed by atoms with E-state index in [1.165, 1.54) is 0 Å². The maximum Gasteiger partial charge on any atom is 0.391 e. The van der Waals surface area contributed by atoms with Crippen LogP contribution in [-0.4, -0.2) is 24.2 Å². The molecule has 6 heteroatoms. The van der Waals surface area contributed by atoms with Crippen LogP contribution in [0, 0.1) is 11.8 Å². The Morgan fingerprint density at radius 2 is 1.94 bits per heavy atom. The molecule has 3 N–H and O–H groups in total.